The van der Waals surface area contributed by atoms with Crippen molar-refractivity contribution in [2.45, 2.75) is 38.1 Å². The molecule has 1 spiro atoms. The van der Waals surface area contributed by atoms with E-state index in [-0.39, 0.29) is 5.54 Å². The number of aryl methyl sites for hydroxylation is 2. The van der Waals surface area contributed by atoms with Gasteiger partial charge in [0.25, 0.3) is 0 Å². The Balaban J connectivity index is 1.92. The summed E-state index contributed by atoms with van der Waals surface area (Å²) in [5, 5.41) is 3.46. The van der Waals surface area contributed by atoms with E-state index in [0.29, 0.717) is 0 Å². The normalized spacial score (nSPS) is 26.8. The van der Waals surface area contributed by atoms with E-state index >= 15 is 0 Å². The molecule has 0 aromatic heterocycles. The topological polar surface area (TPSA) is 24.4 Å². The predicted octanol–water partition coefficient (Wildman–Crippen LogP) is 2.11. The average Bonchev–Trinajstić information content (AvgIpc) is 2.76. The van der Waals surface area contributed by atoms with Gasteiger partial charge >= 0.3 is 0 Å². The van der Waals surface area contributed by atoms with E-state index in [1.165, 1.54) is 29.5 Å². The number of aliphatic imine (C=N–C) groups is 1. The van der Waals surface area contributed by atoms with Crippen LogP contribution in [0.3, 0.4) is 0 Å². The van der Waals surface area contributed by atoms with Gasteiger partial charge in [-0.05, 0) is 42.4 Å². The first-order valence-electron chi connectivity index (χ1n) is 6.18. The first-order valence-corrected chi connectivity index (χ1v) is 6.18. The Kier molecular flexibility index (Phi) is 2.23. The molecule has 3 rings (SSSR count). The zero-order valence-electron chi connectivity index (χ0n) is 9.79. The molecule has 84 valence electrons. The van der Waals surface area contributed by atoms with Gasteiger partial charge < -0.3 is 5.32 Å². The molecule has 1 N–H and O–H groups in total. The monoisotopic (exact) mass is 214 g/mol. The molecule has 0 amide bonds. The lowest BCUT2D eigenvalue weighted by Crippen LogP contribution is -2.47. The highest BCUT2D eigenvalue weighted by Crippen LogP contribution is 2.31. The highest BCUT2D eigenvalue weighted by Gasteiger charge is 2.35. The van der Waals surface area contributed by atoms with E-state index in [9.17, 15) is 0 Å². The Morgan fingerprint density at radius 1 is 1.38 bits per heavy atom. The smallest absolute Gasteiger partial charge is 0.0829 e. The second-order valence-electron chi connectivity index (χ2n) is 5.03. The molecule has 16 heavy (non-hydrogen) atoms. The van der Waals surface area contributed by atoms with Crippen molar-refractivity contribution < 1.29 is 0 Å². The largest absolute Gasteiger partial charge is 0.369 e. The van der Waals surface area contributed by atoms with Gasteiger partial charge in [0, 0.05) is 0 Å². The lowest BCUT2D eigenvalue weighted by molar-refractivity contribution is 0.363. The highest BCUT2D eigenvalue weighted by molar-refractivity contribution is 5.59. The fraction of sp³-hybridized carbons (Fsp3) is 0.500. The molecule has 1 atom stereocenters. The van der Waals surface area contributed by atoms with Gasteiger partial charge in [-0.1, -0.05) is 25.1 Å². The van der Waals surface area contributed by atoms with Crippen molar-refractivity contribution >= 4 is 6.34 Å². The third-order valence-corrected chi connectivity index (χ3v) is 3.94. The van der Waals surface area contributed by atoms with Crippen molar-refractivity contribution in [2.75, 3.05) is 6.54 Å². The molecule has 0 bridgehead atoms. The van der Waals surface area contributed by atoms with E-state index in [4.69, 9.17) is 0 Å². The third-order valence-electron chi connectivity index (χ3n) is 3.94. The molecule has 0 saturated carbocycles. The fourth-order valence-corrected chi connectivity index (χ4v) is 2.84. The van der Waals surface area contributed by atoms with Crippen LogP contribution in [0.5, 0.6) is 0 Å². The summed E-state index contributed by atoms with van der Waals surface area (Å²) in [6.07, 6.45) is 6.55. The molecule has 2 nitrogen and oxygen atoms in total. The van der Waals surface area contributed by atoms with Crippen molar-refractivity contribution in [2.24, 2.45) is 4.99 Å². The van der Waals surface area contributed by atoms with Crippen LogP contribution in [-0.4, -0.2) is 18.4 Å². The molecular weight excluding hydrogens is 196 g/mol. The molecule has 1 unspecified atom stereocenters. The van der Waals surface area contributed by atoms with Gasteiger partial charge in [-0.25, -0.2) is 0 Å². The summed E-state index contributed by atoms with van der Waals surface area (Å²) < 4.78 is 0. The number of hydrogen-bond acceptors (Lipinski definition) is 2. The Bertz CT molecular complexity index is 426. The Hall–Kier alpha value is -1.31. The van der Waals surface area contributed by atoms with Crippen molar-refractivity contribution in [3.63, 3.8) is 0 Å². The quantitative estimate of drug-likeness (QED) is 0.760. The van der Waals surface area contributed by atoms with Gasteiger partial charge in [-0.15, -0.1) is 0 Å². The summed E-state index contributed by atoms with van der Waals surface area (Å²) in [5.74, 6) is 0. The van der Waals surface area contributed by atoms with E-state index < -0.39 is 0 Å². The van der Waals surface area contributed by atoms with Crippen LogP contribution < -0.4 is 5.32 Å². The van der Waals surface area contributed by atoms with Gasteiger partial charge in [0.1, 0.15) is 0 Å². The molecule has 0 saturated heterocycles. The first kappa shape index (κ1) is 9.88. The minimum Gasteiger partial charge on any atom is -0.369 e. The van der Waals surface area contributed by atoms with Crippen molar-refractivity contribution in [3.8, 4) is 0 Å². The van der Waals surface area contributed by atoms with Gasteiger partial charge in [-0.3, -0.25) is 4.99 Å². The van der Waals surface area contributed by atoms with E-state index in [2.05, 4.69) is 35.4 Å². The fourth-order valence-electron chi connectivity index (χ4n) is 2.84. The van der Waals surface area contributed by atoms with Crippen LogP contribution in [0.15, 0.2) is 23.2 Å². The summed E-state index contributed by atoms with van der Waals surface area (Å²) in [7, 11) is 0. The Morgan fingerprint density at radius 2 is 2.31 bits per heavy atom. The molecule has 1 aliphatic heterocycles. The standard InChI is InChI=1S/C14H18N2/c1-2-11-3-4-12-5-6-14(8-13(12)7-11)9-15-10-16-14/h3-4,7,10H,2,5-6,8-9H2,1H3,(H,15,16). The lowest BCUT2D eigenvalue weighted by Gasteiger charge is -2.34. The van der Waals surface area contributed by atoms with Crippen LogP contribution in [-0.2, 0) is 19.3 Å². The maximum absolute atomic E-state index is 4.34. The molecule has 2 heteroatoms. The van der Waals surface area contributed by atoms with Gasteiger partial charge in [-0.2, -0.15) is 0 Å². The average molecular weight is 214 g/mol. The zero-order valence-corrected chi connectivity index (χ0v) is 9.79. The number of nitrogens with one attached hydrogen (secondary N) is 1. The summed E-state index contributed by atoms with van der Waals surface area (Å²) in [6, 6.07) is 6.97. The lowest BCUT2D eigenvalue weighted by atomic mass is 9.78. The zero-order chi connectivity index (χ0) is 11.0. The Labute approximate surface area is 96.8 Å². The van der Waals surface area contributed by atoms with Crippen LogP contribution >= 0.6 is 0 Å². The van der Waals surface area contributed by atoms with Crippen LogP contribution in [0, 0.1) is 0 Å². The highest BCUT2D eigenvalue weighted by atomic mass is 15.1. The van der Waals surface area contributed by atoms with Crippen LogP contribution in [0.4, 0.5) is 0 Å². The second-order valence-corrected chi connectivity index (χ2v) is 5.03. The third kappa shape index (κ3) is 1.53. The van der Waals surface area contributed by atoms with Crippen molar-refractivity contribution in [3.05, 3.63) is 34.9 Å². The molecule has 2 aliphatic rings. The van der Waals surface area contributed by atoms with E-state index in [1.807, 2.05) is 6.34 Å². The van der Waals surface area contributed by atoms with Crippen LogP contribution in [0.1, 0.15) is 30.0 Å². The number of fused-ring (bicyclic) bond motifs is 1. The summed E-state index contributed by atoms with van der Waals surface area (Å²) >= 11 is 0. The van der Waals surface area contributed by atoms with E-state index in [0.717, 1.165) is 19.4 Å². The molecule has 0 fully saturated rings. The van der Waals surface area contributed by atoms with E-state index in [1.54, 1.807) is 0 Å². The molecule has 0 radical (unpaired) electrons. The second kappa shape index (κ2) is 3.62. The maximum atomic E-state index is 4.34. The van der Waals surface area contributed by atoms with Gasteiger partial charge in [0.2, 0.25) is 0 Å². The molecule has 1 aromatic rings. The Morgan fingerprint density at radius 3 is 3.06 bits per heavy atom. The molecule has 1 heterocycles. The van der Waals surface area contributed by atoms with Gasteiger partial charge in [0.05, 0.1) is 18.4 Å². The van der Waals surface area contributed by atoms with Crippen molar-refractivity contribution in [1.29, 1.82) is 0 Å². The summed E-state index contributed by atoms with van der Waals surface area (Å²) in [4.78, 5) is 4.34. The minimum atomic E-state index is 0.235. The molecule has 1 aromatic carbocycles. The molecular formula is C14H18N2. The van der Waals surface area contributed by atoms with Crippen LogP contribution in [0.2, 0.25) is 0 Å². The number of hydrogen-bond donors (Lipinski definition) is 1. The number of nitrogens with zero attached hydrogens (tertiary/aromatic N) is 1. The first-order chi connectivity index (χ1) is 7.81. The molecule has 1 aliphatic carbocycles. The maximum Gasteiger partial charge on any atom is 0.0829 e. The predicted molar refractivity (Wildman–Crippen MR) is 67.1 cm³/mol. The summed E-state index contributed by atoms with van der Waals surface area (Å²) in [6.45, 7) is 3.17. The number of benzene rings is 1. The van der Waals surface area contributed by atoms with Crippen molar-refractivity contribution in [1.82, 2.24) is 5.32 Å². The van der Waals surface area contributed by atoms with Crippen LogP contribution in [0.25, 0.3) is 0 Å². The minimum absolute atomic E-state index is 0.235. The summed E-state index contributed by atoms with van der Waals surface area (Å²) in [5.41, 5.74) is 4.76. The van der Waals surface area contributed by atoms with Gasteiger partial charge in [0.15, 0.2) is 0 Å². The SMILES string of the molecule is CCc1ccc2c(c1)CC1(CC2)CN=CN1. The number of rotatable bonds is 1.